The molecule has 0 aliphatic heterocycles. The molecule has 15 heavy (non-hydrogen) atoms. The molecule has 0 rings (SSSR count). The van der Waals surface area contributed by atoms with Gasteiger partial charge < -0.3 is 4.74 Å². The molecule has 0 fully saturated rings. The number of hydrogen-bond donors (Lipinski definition) is 0. The van der Waals surface area contributed by atoms with Crippen LogP contribution in [0.25, 0.3) is 0 Å². The first-order valence-corrected chi connectivity index (χ1v) is 6.07. The summed E-state index contributed by atoms with van der Waals surface area (Å²) in [5, 5.41) is 0. The van der Waals surface area contributed by atoms with Crippen LogP contribution in [0.2, 0.25) is 0 Å². The van der Waals surface area contributed by atoms with Gasteiger partial charge in [-0.3, -0.25) is 4.79 Å². The number of esters is 1. The van der Waals surface area contributed by atoms with Crippen molar-refractivity contribution in [2.24, 2.45) is 17.8 Å². The smallest absolute Gasteiger partial charge is 0.306 e. The summed E-state index contributed by atoms with van der Waals surface area (Å²) in [6.45, 7) is 12.6. The van der Waals surface area contributed by atoms with E-state index >= 15 is 0 Å². The van der Waals surface area contributed by atoms with Crippen molar-refractivity contribution in [2.45, 2.75) is 60.5 Å². The second-order valence-corrected chi connectivity index (χ2v) is 5.16. The lowest BCUT2D eigenvalue weighted by Crippen LogP contribution is -2.29. The zero-order valence-corrected chi connectivity index (χ0v) is 11.0. The van der Waals surface area contributed by atoms with Crippen molar-refractivity contribution in [3.05, 3.63) is 0 Å². The Kier molecular flexibility index (Phi) is 6.62. The third kappa shape index (κ3) is 5.81. The van der Waals surface area contributed by atoms with Crippen LogP contribution in [-0.4, -0.2) is 12.1 Å². The van der Waals surface area contributed by atoms with E-state index in [9.17, 15) is 4.79 Å². The summed E-state index contributed by atoms with van der Waals surface area (Å²) in [7, 11) is 0. The zero-order chi connectivity index (χ0) is 12.0. The molecule has 0 aliphatic carbocycles. The maximum absolute atomic E-state index is 11.6. The Morgan fingerprint density at radius 2 is 1.53 bits per heavy atom. The fourth-order valence-corrected chi connectivity index (χ4v) is 1.67. The minimum Gasteiger partial charge on any atom is -0.462 e. The largest absolute Gasteiger partial charge is 0.462 e. The third-order valence-corrected chi connectivity index (χ3v) is 2.79. The molecular formula is C13H26O2. The Balaban J connectivity index is 4.12. The van der Waals surface area contributed by atoms with E-state index in [1.165, 1.54) is 0 Å². The average molecular weight is 214 g/mol. The van der Waals surface area contributed by atoms with E-state index in [4.69, 9.17) is 4.74 Å². The molecule has 0 aromatic rings. The van der Waals surface area contributed by atoms with Gasteiger partial charge in [-0.1, -0.05) is 48.0 Å². The van der Waals surface area contributed by atoms with Crippen molar-refractivity contribution in [1.29, 1.82) is 0 Å². The fourth-order valence-electron chi connectivity index (χ4n) is 1.67. The van der Waals surface area contributed by atoms with Crippen molar-refractivity contribution >= 4 is 5.97 Å². The van der Waals surface area contributed by atoms with Crippen LogP contribution in [0.4, 0.5) is 0 Å². The molecule has 90 valence electrons. The molecular weight excluding hydrogens is 188 g/mol. The Hall–Kier alpha value is -0.530. The minimum atomic E-state index is -0.0447. The molecule has 0 N–H and O–H groups in total. The molecule has 0 saturated heterocycles. The topological polar surface area (TPSA) is 26.3 Å². The van der Waals surface area contributed by atoms with E-state index < -0.39 is 0 Å². The van der Waals surface area contributed by atoms with E-state index in [1.54, 1.807) is 0 Å². The molecule has 0 bridgehead atoms. The van der Waals surface area contributed by atoms with Crippen molar-refractivity contribution in [3.63, 3.8) is 0 Å². The van der Waals surface area contributed by atoms with Gasteiger partial charge in [-0.05, 0) is 17.8 Å². The van der Waals surface area contributed by atoms with E-state index in [2.05, 4.69) is 41.5 Å². The lowest BCUT2D eigenvalue weighted by Gasteiger charge is -2.25. The van der Waals surface area contributed by atoms with Crippen LogP contribution in [0.5, 0.6) is 0 Å². The summed E-state index contributed by atoms with van der Waals surface area (Å²) in [6, 6.07) is 0. The summed E-state index contributed by atoms with van der Waals surface area (Å²) in [6.07, 6.45) is 1.64. The molecule has 0 aliphatic rings. The molecule has 0 aromatic heterocycles. The first-order valence-electron chi connectivity index (χ1n) is 6.07. The predicted molar refractivity (Wildman–Crippen MR) is 63.6 cm³/mol. The molecule has 1 atom stereocenters. The second kappa shape index (κ2) is 6.86. The van der Waals surface area contributed by atoms with Crippen molar-refractivity contribution < 1.29 is 9.53 Å². The summed E-state index contributed by atoms with van der Waals surface area (Å²) >= 11 is 0. The highest BCUT2D eigenvalue weighted by atomic mass is 16.5. The van der Waals surface area contributed by atoms with Gasteiger partial charge in [0.15, 0.2) is 0 Å². The van der Waals surface area contributed by atoms with Gasteiger partial charge >= 0.3 is 5.97 Å². The van der Waals surface area contributed by atoms with Gasteiger partial charge in [-0.15, -0.1) is 0 Å². The molecule has 0 spiro atoms. The van der Waals surface area contributed by atoms with Crippen LogP contribution in [0, 0.1) is 17.8 Å². The molecule has 2 heteroatoms. The summed E-state index contributed by atoms with van der Waals surface area (Å²) in [5.41, 5.74) is 0. The van der Waals surface area contributed by atoms with Crippen LogP contribution >= 0.6 is 0 Å². The zero-order valence-electron chi connectivity index (χ0n) is 11.0. The number of rotatable bonds is 6. The van der Waals surface area contributed by atoms with E-state index in [0.717, 1.165) is 6.42 Å². The van der Waals surface area contributed by atoms with Gasteiger partial charge in [0.25, 0.3) is 0 Å². The van der Waals surface area contributed by atoms with Crippen LogP contribution < -0.4 is 0 Å². The highest BCUT2D eigenvalue weighted by molar-refractivity contribution is 5.69. The van der Waals surface area contributed by atoms with Gasteiger partial charge in [0.1, 0.15) is 6.10 Å². The molecule has 0 radical (unpaired) electrons. The molecule has 1 unspecified atom stereocenters. The van der Waals surface area contributed by atoms with Gasteiger partial charge in [0, 0.05) is 6.42 Å². The molecule has 0 saturated carbocycles. The van der Waals surface area contributed by atoms with Crippen LogP contribution in [0.3, 0.4) is 0 Å². The monoisotopic (exact) mass is 214 g/mol. The van der Waals surface area contributed by atoms with Crippen LogP contribution in [0.1, 0.15) is 54.4 Å². The quantitative estimate of drug-likeness (QED) is 0.631. The van der Waals surface area contributed by atoms with Gasteiger partial charge in [-0.2, -0.15) is 0 Å². The Morgan fingerprint density at radius 3 is 1.87 bits per heavy atom. The summed E-state index contributed by atoms with van der Waals surface area (Å²) < 4.78 is 5.51. The van der Waals surface area contributed by atoms with Crippen molar-refractivity contribution in [1.82, 2.24) is 0 Å². The molecule has 2 nitrogen and oxygen atoms in total. The average Bonchev–Trinajstić information content (AvgIpc) is 2.12. The predicted octanol–water partition coefficient (Wildman–Crippen LogP) is 3.65. The van der Waals surface area contributed by atoms with Crippen molar-refractivity contribution in [2.75, 3.05) is 0 Å². The van der Waals surface area contributed by atoms with E-state index in [1.807, 2.05) is 0 Å². The summed E-state index contributed by atoms with van der Waals surface area (Å²) in [4.78, 5) is 11.6. The second-order valence-electron chi connectivity index (χ2n) is 5.16. The van der Waals surface area contributed by atoms with Gasteiger partial charge in [0.2, 0.25) is 0 Å². The highest BCUT2D eigenvalue weighted by Gasteiger charge is 2.22. The minimum absolute atomic E-state index is 0.0447. The molecule has 0 heterocycles. The number of hydrogen-bond acceptors (Lipinski definition) is 2. The lowest BCUT2D eigenvalue weighted by molar-refractivity contribution is -0.155. The normalized spacial score (nSPS) is 13.7. The van der Waals surface area contributed by atoms with Gasteiger partial charge in [-0.25, -0.2) is 0 Å². The maximum Gasteiger partial charge on any atom is 0.306 e. The Morgan fingerprint density at radius 1 is 1.07 bits per heavy atom. The van der Waals surface area contributed by atoms with E-state index in [0.29, 0.717) is 24.2 Å². The summed E-state index contributed by atoms with van der Waals surface area (Å²) in [5.74, 6) is 1.17. The Bertz CT molecular complexity index is 177. The lowest BCUT2D eigenvalue weighted by atomic mass is 9.96. The fraction of sp³-hybridized carbons (Fsp3) is 0.923. The number of ether oxygens (including phenoxy) is 1. The van der Waals surface area contributed by atoms with Crippen LogP contribution in [0.15, 0.2) is 0 Å². The van der Waals surface area contributed by atoms with E-state index in [-0.39, 0.29) is 12.1 Å². The highest BCUT2D eigenvalue weighted by Crippen LogP contribution is 2.18. The Labute approximate surface area is 94.4 Å². The van der Waals surface area contributed by atoms with Crippen molar-refractivity contribution in [3.8, 4) is 0 Å². The number of carbonyl (C=O) groups is 1. The standard InChI is InChI=1S/C13H26O2/c1-7-11(6)8-12(14)15-13(9(2)3)10(4)5/h9-11,13H,7-8H2,1-6H3. The number of carbonyl (C=O) groups excluding carboxylic acids is 1. The molecule has 0 aromatic carbocycles. The van der Waals surface area contributed by atoms with Crippen LogP contribution in [-0.2, 0) is 9.53 Å². The SMILES string of the molecule is CCC(C)CC(=O)OC(C(C)C)C(C)C. The first kappa shape index (κ1) is 14.5. The van der Waals surface area contributed by atoms with Gasteiger partial charge in [0.05, 0.1) is 0 Å². The third-order valence-electron chi connectivity index (χ3n) is 2.79. The first-order chi connectivity index (χ1) is 6.88. The molecule has 0 amide bonds. The maximum atomic E-state index is 11.6.